The number of amides is 1. The van der Waals surface area contributed by atoms with Gasteiger partial charge < -0.3 is 10.0 Å². The van der Waals surface area contributed by atoms with E-state index >= 15 is 0 Å². The van der Waals surface area contributed by atoms with Crippen molar-refractivity contribution in [2.75, 3.05) is 13.1 Å². The molecule has 0 aromatic rings. The molecule has 1 heterocycles. The number of nitrogens with zero attached hydrogens (tertiary/aromatic N) is 1. The van der Waals surface area contributed by atoms with E-state index in [9.17, 15) is 9.59 Å². The van der Waals surface area contributed by atoms with Crippen molar-refractivity contribution < 1.29 is 14.7 Å². The number of rotatable bonds is 2. The highest BCUT2D eigenvalue weighted by atomic mass is 16.4. The lowest BCUT2D eigenvalue weighted by molar-refractivity contribution is -0.142. The van der Waals surface area contributed by atoms with Crippen molar-refractivity contribution in [1.82, 2.24) is 4.90 Å². The largest absolute Gasteiger partial charge is 0.481 e. The van der Waals surface area contributed by atoms with Gasteiger partial charge in [-0.3, -0.25) is 9.59 Å². The molecule has 0 aliphatic carbocycles. The van der Waals surface area contributed by atoms with E-state index in [0.717, 1.165) is 5.57 Å². The number of carboxylic acids is 1. The number of carbonyl (C=O) groups is 2. The molecule has 4 heteroatoms. The fraction of sp³-hybridized carbons (Fsp3) is 0.636. The van der Waals surface area contributed by atoms with Gasteiger partial charge in [0.15, 0.2) is 0 Å². The van der Waals surface area contributed by atoms with Crippen LogP contribution in [0.25, 0.3) is 0 Å². The van der Waals surface area contributed by atoms with E-state index in [1.54, 1.807) is 11.0 Å². The SMILES string of the molecule is CC(C)=CC(=O)N1CC(C)C(C(=O)O)C1. The Kier molecular flexibility index (Phi) is 3.50. The van der Waals surface area contributed by atoms with Crippen molar-refractivity contribution in [2.24, 2.45) is 11.8 Å². The second-order valence-electron chi connectivity index (χ2n) is 4.39. The Morgan fingerprint density at radius 3 is 2.33 bits per heavy atom. The van der Waals surface area contributed by atoms with Gasteiger partial charge in [0, 0.05) is 19.2 Å². The smallest absolute Gasteiger partial charge is 0.308 e. The van der Waals surface area contributed by atoms with Crippen LogP contribution in [0.15, 0.2) is 11.6 Å². The van der Waals surface area contributed by atoms with Gasteiger partial charge in [-0.15, -0.1) is 0 Å². The molecule has 0 spiro atoms. The van der Waals surface area contributed by atoms with Gasteiger partial charge in [-0.2, -0.15) is 0 Å². The van der Waals surface area contributed by atoms with E-state index in [2.05, 4.69) is 0 Å². The molecule has 0 aromatic heterocycles. The first kappa shape index (κ1) is 11.8. The summed E-state index contributed by atoms with van der Waals surface area (Å²) >= 11 is 0. The van der Waals surface area contributed by atoms with Gasteiger partial charge in [0.25, 0.3) is 0 Å². The number of aliphatic carboxylic acids is 1. The van der Waals surface area contributed by atoms with Crippen molar-refractivity contribution in [1.29, 1.82) is 0 Å². The zero-order chi connectivity index (χ0) is 11.6. The van der Waals surface area contributed by atoms with Crippen LogP contribution in [0, 0.1) is 11.8 Å². The highest BCUT2D eigenvalue weighted by Crippen LogP contribution is 2.23. The summed E-state index contributed by atoms with van der Waals surface area (Å²) in [4.78, 5) is 24.1. The second kappa shape index (κ2) is 4.47. The van der Waals surface area contributed by atoms with Gasteiger partial charge in [0.2, 0.25) is 5.91 Å². The van der Waals surface area contributed by atoms with Gasteiger partial charge in [-0.05, 0) is 19.8 Å². The Balaban J connectivity index is 2.66. The summed E-state index contributed by atoms with van der Waals surface area (Å²) < 4.78 is 0. The number of hydrogen-bond acceptors (Lipinski definition) is 2. The van der Waals surface area contributed by atoms with Crippen molar-refractivity contribution in [3.8, 4) is 0 Å². The topological polar surface area (TPSA) is 57.6 Å². The van der Waals surface area contributed by atoms with E-state index in [0.29, 0.717) is 13.1 Å². The first-order valence-electron chi connectivity index (χ1n) is 5.08. The van der Waals surface area contributed by atoms with Crippen molar-refractivity contribution >= 4 is 11.9 Å². The maximum Gasteiger partial charge on any atom is 0.308 e. The van der Waals surface area contributed by atoms with E-state index in [4.69, 9.17) is 5.11 Å². The molecule has 1 fully saturated rings. The fourth-order valence-electron chi connectivity index (χ4n) is 1.81. The lowest BCUT2D eigenvalue weighted by atomic mass is 9.99. The molecule has 2 atom stereocenters. The molecule has 1 aliphatic heterocycles. The molecule has 15 heavy (non-hydrogen) atoms. The van der Waals surface area contributed by atoms with E-state index < -0.39 is 11.9 Å². The first-order valence-corrected chi connectivity index (χ1v) is 5.08. The molecule has 1 N–H and O–H groups in total. The minimum absolute atomic E-state index is 0.0389. The predicted molar refractivity (Wildman–Crippen MR) is 56.3 cm³/mol. The minimum atomic E-state index is -0.810. The van der Waals surface area contributed by atoms with E-state index in [1.807, 2.05) is 20.8 Å². The molecule has 0 saturated carbocycles. The summed E-state index contributed by atoms with van der Waals surface area (Å²) in [6.07, 6.45) is 1.55. The van der Waals surface area contributed by atoms with Crippen LogP contribution in [0.1, 0.15) is 20.8 Å². The second-order valence-corrected chi connectivity index (χ2v) is 4.39. The molecule has 84 valence electrons. The average Bonchev–Trinajstić information content (AvgIpc) is 2.46. The maximum atomic E-state index is 11.6. The molecule has 1 amide bonds. The maximum absolute atomic E-state index is 11.6. The summed E-state index contributed by atoms with van der Waals surface area (Å²) in [5, 5.41) is 8.91. The molecule has 1 aliphatic rings. The Morgan fingerprint density at radius 2 is 1.93 bits per heavy atom. The standard InChI is InChI=1S/C11H17NO3/c1-7(2)4-10(13)12-5-8(3)9(6-12)11(14)15/h4,8-9H,5-6H2,1-3H3,(H,14,15). The molecule has 4 nitrogen and oxygen atoms in total. The lowest BCUT2D eigenvalue weighted by Gasteiger charge is -2.13. The molecular weight excluding hydrogens is 194 g/mol. The predicted octanol–water partition coefficient (Wildman–Crippen LogP) is 1.13. The highest BCUT2D eigenvalue weighted by molar-refractivity contribution is 5.89. The van der Waals surface area contributed by atoms with Gasteiger partial charge >= 0.3 is 5.97 Å². The van der Waals surface area contributed by atoms with Crippen LogP contribution in [0.5, 0.6) is 0 Å². The van der Waals surface area contributed by atoms with Crippen LogP contribution in [0.3, 0.4) is 0 Å². The first-order chi connectivity index (χ1) is 6.91. The Morgan fingerprint density at radius 1 is 1.33 bits per heavy atom. The van der Waals surface area contributed by atoms with Crippen molar-refractivity contribution in [3.05, 3.63) is 11.6 Å². The van der Waals surface area contributed by atoms with Crippen LogP contribution >= 0.6 is 0 Å². The zero-order valence-electron chi connectivity index (χ0n) is 9.36. The Labute approximate surface area is 89.6 Å². The van der Waals surface area contributed by atoms with Crippen LogP contribution in [0.2, 0.25) is 0 Å². The Hall–Kier alpha value is -1.32. The van der Waals surface area contributed by atoms with Crippen LogP contribution in [0.4, 0.5) is 0 Å². The molecule has 1 rings (SSSR count). The quantitative estimate of drug-likeness (QED) is 0.697. The Bertz CT molecular complexity index is 305. The summed E-state index contributed by atoms with van der Waals surface area (Å²) in [6.45, 7) is 6.45. The van der Waals surface area contributed by atoms with Crippen LogP contribution in [-0.4, -0.2) is 35.0 Å². The van der Waals surface area contributed by atoms with Gasteiger partial charge in [-0.25, -0.2) is 0 Å². The van der Waals surface area contributed by atoms with E-state index in [-0.39, 0.29) is 11.8 Å². The monoisotopic (exact) mass is 211 g/mol. The fourth-order valence-corrected chi connectivity index (χ4v) is 1.81. The highest BCUT2D eigenvalue weighted by Gasteiger charge is 2.36. The molecule has 0 bridgehead atoms. The van der Waals surface area contributed by atoms with Crippen molar-refractivity contribution in [3.63, 3.8) is 0 Å². The number of hydrogen-bond donors (Lipinski definition) is 1. The average molecular weight is 211 g/mol. The molecular formula is C11H17NO3. The van der Waals surface area contributed by atoms with Crippen LogP contribution < -0.4 is 0 Å². The number of allylic oxidation sites excluding steroid dienone is 1. The lowest BCUT2D eigenvalue weighted by Crippen LogP contribution is -2.28. The minimum Gasteiger partial charge on any atom is -0.481 e. The summed E-state index contributed by atoms with van der Waals surface area (Å²) in [5.74, 6) is -1.27. The molecule has 0 radical (unpaired) electrons. The van der Waals surface area contributed by atoms with E-state index in [1.165, 1.54) is 0 Å². The van der Waals surface area contributed by atoms with Crippen molar-refractivity contribution in [2.45, 2.75) is 20.8 Å². The van der Waals surface area contributed by atoms with Gasteiger partial charge in [-0.1, -0.05) is 12.5 Å². The third-order valence-corrected chi connectivity index (χ3v) is 2.65. The summed E-state index contributed by atoms with van der Waals surface area (Å²) in [6, 6.07) is 0. The van der Waals surface area contributed by atoms with Gasteiger partial charge in [0.05, 0.1) is 5.92 Å². The normalized spacial score (nSPS) is 25.1. The number of carbonyl (C=O) groups excluding carboxylic acids is 1. The molecule has 1 saturated heterocycles. The summed E-state index contributed by atoms with van der Waals surface area (Å²) in [7, 11) is 0. The summed E-state index contributed by atoms with van der Waals surface area (Å²) in [5.41, 5.74) is 0.937. The van der Waals surface area contributed by atoms with Crippen LogP contribution in [-0.2, 0) is 9.59 Å². The molecule has 0 aromatic carbocycles. The van der Waals surface area contributed by atoms with Gasteiger partial charge in [0.1, 0.15) is 0 Å². The third kappa shape index (κ3) is 2.81. The third-order valence-electron chi connectivity index (χ3n) is 2.65. The zero-order valence-corrected chi connectivity index (χ0v) is 9.36. The molecule has 2 unspecified atom stereocenters. The number of likely N-dealkylation sites (tertiary alicyclic amines) is 1. The number of carboxylic acid groups (broad SMARTS) is 1.